The second kappa shape index (κ2) is 11.6. The quantitative estimate of drug-likeness (QED) is 0.318. The van der Waals surface area contributed by atoms with Crippen LogP contribution in [0.5, 0.6) is 17.2 Å². The van der Waals surface area contributed by atoms with Crippen molar-refractivity contribution in [2.75, 3.05) is 34.1 Å². The lowest BCUT2D eigenvalue weighted by atomic mass is 9.86. The Balaban J connectivity index is 2.44. The predicted octanol–water partition coefficient (Wildman–Crippen LogP) is 5.16. The van der Waals surface area contributed by atoms with Crippen LogP contribution >= 0.6 is 7.14 Å². The highest BCUT2D eigenvalue weighted by Crippen LogP contribution is 2.51. The third-order valence-corrected chi connectivity index (χ3v) is 7.99. The summed E-state index contributed by atoms with van der Waals surface area (Å²) in [4.78, 5) is 26.6. The van der Waals surface area contributed by atoms with E-state index in [1.54, 1.807) is 30.3 Å². The minimum atomic E-state index is -3.96. The normalized spacial score (nSPS) is 14.0. The van der Waals surface area contributed by atoms with Crippen LogP contribution in [-0.2, 0) is 14.1 Å². The highest BCUT2D eigenvalue weighted by molar-refractivity contribution is 7.88. The monoisotopic (exact) mass is 490 g/mol. The van der Waals surface area contributed by atoms with Crippen molar-refractivity contribution >= 4 is 23.9 Å². The van der Waals surface area contributed by atoms with Crippen LogP contribution < -0.4 is 19.5 Å². The first kappa shape index (κ1) is 27.5. The Morgan fingerprint density at radius 1 is 0.941 bits per heavy atom. The maximum atomic E-state index is 14.3. The van der Waals surface area contributed by atoms with Crippen LogP contribution in [0.4, 0.5) is 0 Å². The van der Waals surface area contributed by atoms with Crippen molar-refractivity contribution in [3.05, 3.63) is 48.0 Å². The minimum absolute atomic E-state index is 0.00751. The first-order chi connectivity index (χ1) is 15.9. The van der Waals surface area contributed by atoms with Gasteiger partial charge in [0.2, 0.25) is 5.52 Å². The SMILES string of the molecule is COc1cc(OC)c(C(=O)P(=O)(CC(=O)OCC(C)CC(C)(C)C)c2ccccc2)c(OC)c1. The van der Waals surface area contributed by atoms with E-state index in [9.17, 15) is 14.2 Å². The predicted molar refractivity (Wildman–Crippen MR) is 133 cm³/mol. The van der Waals surface area contributed by atoms with Crippen molar-refractivity contribution in [3.8, 4) is 17.2 Å². The zero-order chi connectivity index (χ0) is 25.5. The Labute approximate surface area is 202 Å². The Kier molecular flexibility index (Phi) is 9.34. The third kappa shape index (κ3) is 6.86. The molecule has 186 valence electrons. The number of carbonyl (C=O) groups excluding carboxylic acids is 2. The van der Waals surface area contributed by atoms with Gasteiger partial charge >= 0.3 is 5.97 Å². The molecule has 2 aromatic rings. The molecule has 2 aromatic carbocycles. The van der Waals surface area contributed by atoms with Gasteiger partial charge in [-0.3, -0.25) is 9.59 Å². The number of rotatable bonds is 11. The van der Waals surface area contributed by atoms with Crippen LogP contribution in [0.15, 0.2) is 42.5 Å². The molecule has 0 heterocycles. The van der Waals surface area contributed by atoms with E-state index in [0.29, 0.717) is 5.75 Å². The van der Waals surface area contributed by atoms with E-state index in [-0.39, 0.29) is 40.3 Å². The average molecular weight is 491 g/mol. The van der Waals surface area contributed by atoms with Gasteiger partial charge in [0.1, 0.15) is 29.0 Å². The van der Waals surface area contributed by atoms with Crippen LogP contribution in [0.25, 0.3) is 0 Å². The van der Waals surface area contributed by atoms with Gasteiger partial charge in [0.15, 0.2) is 7.14 Å². The lowest BCUT2D eigenvalue weighted by molar-refractivity contribution is -0.142. The molecule has 2 rings (SSSR count). The van der Waals surface area contributed by atoms with Crippen molar-refractivity contribution in [3.63, 3.8) is 0 Å². The number of ether oxygens (including phenoxy) is 4. The molecule has 8 heteroatoms. The van der Waals surface area contributed by atoms with Gasteiger partial charge in [0.05, 0.1) is 27.9 Å². The zero-order valence-electron chi connectivity index (χ0n) is 21.0. The molecule has 0 aliphatic carbocycles. The lowest BCUT2D eigenvalue weighted by Crippen LogP contribution is -2.24. The van der Waals surface area contributed by atoms with Crippen LogP contribution in [0.1, 0.15) is 44.5 Å². The highest BCUT2D eigenvalue weighted by Gasteiger charge is 2.41. The fourth-order valence-corrected chi connectivity index (χ4v) is 6.16. The van der Waals surface area contributed by atoms with Crippen molar-refractivity contribution in [2.24, 2.45) is 11.3 Å². The summed E-state index contributed by atoms with van der Waals surface area (Å²) < 4.78 is 35.8. The highest BCUT2D eigenvalue weighted by atomic mass is 31.2. The number of hydrogen-bond donors (Lipinski definition) is 0. The molecule has 0 saturated carbocycles. The topological polar surface area (TPSA) is 88.1 Å². The molecular formula is C26H35O7P. The molecule has 2 unspecified atom stereocenters. The number of benzene rings is 2. The number of hydrogen-bond acceptors (Lipinski definition) is 7. The maximum absolute atomic E-state index is 14.3. The van der Waals surface area contributed by atoms with Crippen molar-refractivity contribution < 1.29 is 33.1 Å². The van der Waals surface area contributed by atoms with Gasteiger partial charge in [-0.1, -0.05) is 58.0 Å². The van der Waals surface area contributed by atoms with Crippen LogP contribution in [0.2, 0.25) is 0 Å². The molecule has 0 radical (unpaired) electrons. The molecule has 0 spiro atoms. The van der Waals surface area contributed by atoms with Gasteiger partial charge in [-0.05, 0) is 17.8 Å². The summed E-state index contributed by atoms with van der Waals surface area (Å²) in [5.41, 5.74) is -0.663. The average Bonchev–Trinajstić information content (AvgIpc) is 2.80. The van der Waals surface area contributed by atoms with Crippen LogP contribution in [0, 0.1) is 11.3 Å². The molecular weight excluding hydrogens is 455 g/mol. The van der Waals surface area contributed by atoms with Gasteiger partial charge in [0, 0.05) is 17.4 Å². The minimum Gasteiger partial charge on any atom is -0.496 e. The van der Waals surface area contributed by atoms with Gasteiger partial charge in [0.25, 0.3) is 0 Å². The van der Waals surface area contributed by atoms with Gasteiger partial charge < -0.3 is 23.5 Å². The van der Waals surface area contributed by atoms with Gasteiger partial charge in [-0.25, -0.2) is 0 Å². The van der Waals surface area contributed by atoms with Crippen LogP contribution in [-0.4, -0.2) is 45.6 Å². The third-order valence-electron chi connectivity index (χ3n) is 5.27. The summed E-state index contributed by atoms with van der Waals surface area (Å²) in [5.74, 6) is 0.131. The molecule has 2 atom stereocenters. The summed E-state index contributed by atoms with van der Waals surface area (Å²) in [6.45, 7) is 8.53. The molecule has 0 saturated heterocycles. The van der Waals surface area contributed by atoms with Gasteiger partial charge in [-0.2, -0.15) is 0 Å². The van der Waals surface area contributed by atoms with Crippen molar-refractivity contribution in [2.45, 2.75) is 34.1 Å². The molecule has 0 aliphatic rings. The van der Waals surface area contributed by atoms with E-state index in [0.717, 1.165) is 6.42 Å². The maximum Gasteiger partial charge on any atom is 0.314 e. The summed E-state index contributed by atoms with van der Waals surface area (Å²) in [5, 5.41) is 0.264. The Bertz CT molecular complexity index is 1020. The smallest absolute Gasteiger partial charge is 0.314 e. The van der Waals surface area contributed by atoms with E-state index in [1.165, 1.54) is 33.5 Å². The van der Waals surface area contributed by atoms with E-state index in [2.05, 4.69) is 20.8 Å². The van der Waals surface area contributed by atoms with E-state index in [1.807, 2.05) is 6.92 Å². The van der Waals surface area contributed by atoms with E-state index < -0.39 is 24.8 Å². The summed E-state index contributed by atoms with van der Waals surface area (Å²) in [7, 11) is 0.298. The number of methoxy groups -OCH3 is 3. The summed E-state index contributed by atoms with van der Waals surface area (Å²) in [6, 6.07) is 11.3. The molecule has 0 fully saturated rings. The Hall–Kier alpha value is -2.79. The molecule has 0 aromatic heterocycles. The molecule has 0 amide bonds. The van der Waals surface area contributed by atoms with Crippen LogP contribution in [0.3, 0.4) is 0 Å². The fourth-order valence-electron chi connectivity index (χ4n) is 3.91. The zero-order valence-corrected chi connectivity index (χ0v) is 21.9. The molecule has 0 N–H and O–H groups in total. The second-order valence-electron chi connectivity index (χ2n) is 9.50. The van der Waals surface area contributed by atoms with Gasteiger partial charge in [-0.15, -0.1) is 0 Å². The summed E-state index contributed by atoms with van der Waals surface area (Å²) >= 11 is 0. The lowest BCUT2D eigenvalue weighted by Gasteiger charge is -2.23. The molecule has 0 aliphatic heterocycles. The molecule has 7 nitrogen and oxygen atoms in total. The second-order valence-corrected chi connectivity index (χ2v) is 12.2. The molecule has 34 heavy (non-hydrogen) atoms. The first-order valence-electron chi connectivity index (χ1n) is 11.1. The van der Waals surface area contributed by atoms with E-state index in [4.69, 9.17) is 18.9 Å². The fraction of sp³-hybridized carbons (Fsp3) is 0.462. The van der Waals surface area contributed by atoms with E-state index >= 15 is 0 Å². The van der Waals surface area contributed by atoms with Crippen molar-refractivity contribution in [1.29, 1.82) is 0 Å². The van der Waals surface area contributed by atoms with Crippen molar-refractivity contribution in [1.82, 2.24) is 0 Å². The molecule has 0 bridgehead atoms. The summed E-state index contributed by atoms with van der Waals surface area (Å²) in [6.07, 6.45) is 0.298. The Morgan fingerprint density at radius 3 is 1.97 bits per heavy atom. The first-order valence-corrected chi connectivity index (χ1v) is 13.0. The number of esters is 1. The standard InChI is InChI=1S/C26H35O7P/c1-18(15-26(2,3)4)16-33-23(27)17-34(29,20-11-9-8-10-12-20)25(28)24-21(31-6)13-19(30-5)14-22(24)32-7/h8-14,18H,15-17H2,1-7H3. The largest absolute Gasteiger partial charge is 0.496 e. The number of carbonyl (C=O) groups is 2. The Morgan fingerprint density at radius 2 is 1.50 bits per heavy atom.